The van der Waals surface area contributed by atoms with Crippen LogP contribution < -0.4 is 5.32 Å². The number of likely N-dealkylation sites (tertiary alicyclic amines) is 1. The van der Waals surface area contributed by atoms with Crippen LogP contribution in [0, 0.1) is 0 Å². The van der Waals surface area contributed by atoms with Crippen molar-refractivity contribution in [2.45, 2.75) is 57.2 Å². The lowest BCUT2D eigenvalue weighted by Gasteiger charge is -2.36. The molecule has 0 aliphatic carbocycles. The minimum atomic E-state index is -1.32. The molecule has 1 amide bonds. The topological polar surface area (TPSA) is 52.6 Å². The standard InChI is InChI=1S/C18H28N2O2/c1-14-13-16(10-12-20(14)3)19-17(21)18(2,22)11-9-15-7-5-4-6-8-15/h4-8,14,16,22H,9-13H2,1-3H3,(H,19,21). The summed E-state index contributed by atoms with van der Waals surface area (Å²) in [5.74, 6) is -0.245. The molecule has 3 unspecified atom stereocenters. The Morgan fingerprint density at radius 1 is 1.41 bits per heavy atom. The molecular formula is C18H28N2O2. The van der Waals surface area contributed by atoms with Crippen molar-refractivity contribution < 1.29 is 9.90 Å². The maximum absolute atomic E-state index is 12.4. The number of hydrogen-bond acceptors (Lipinski definition) is 3. The van der Waals surface area contributed by atoms with Gasteiger partial charge in [0.15, 0.2) is 0 Å². The van der Waals surface area contributed by atoms with Crippen LogP contribution in [0.4, 0.5) is 0 Å². The molecule has 1 aliphatic heterocycles. The van der Waals surface area contributed by atoms with Gasteiger partial charge in [0, 0.05) is 18.6 Å². The van der Waals surface area contributed by atoms with Gasteiger partial charge >= 0.3 is 0 Å². The second-order valence-corrected chi connectivity index (χ2v) is 6.78. The molecule has 0 radical (unpaired) electrons. The van der Waals surface area contributed by atoms with Gasteiger partial charge in [0.05, 0.1) is 0 Å². The third-order valence-corrected chi connectivity index (χ3v) is 4.78. The summed E-state index contributed by atoms with van der Waals surface area (Å²) in [5, 5.41) is 13.5. The van der Waals surface area contributed by atoms with E-state index in [4.69, 9.17) is 0 Å². The lowest BCUT2D eigenvalue weighted by Crippen LogP contribution is -2.53. The van der Waals surface area contributed by atoms with Crippen LogP contribution in [0.25, 0.3) is 0 Å². The average Bonchev–Trinajstić information content (AvgIpc) is 2.50. The Balaban J connectivity index is 1.85. The molecule has 2 rings (SSSR count). The highest BCUT2D eigenvalue weighted by Crippen LogP contribution is 2.18. The van der Waals surface area contributed by atoms with Gasteiger partial charge in [-0.3, -0.25) is 4.79 Å². The number of benzene rings is 1. The van der Waals surface area contributed by atoms with E-state index >= 15 is 0 Å². The van der Waals surface area contributed by atoms with Crippen molar-refractivity contribution in [2.24, 2.45) is 0 Å². The first kappa shape index (κ1) is 17.0. The van der Waals surface area contributed by atoms with Crippen molar-refractivity contribution in [3.05, 3.63) is 35.9 Å². The van der Waals surface area contributed by atoms with Gasteiger partial charge in [-0.1, -0.05) is 30.3 Å². The predicted molar refractivity (Wildman–Crippen MR) is 88.6 cm³/mol. The number of amides is 1. The number of piperidine rings is 1. The van der Waals surface area contributed by atoms with Crippen molar-refractivity contribution in [1.29, 1.82) is 0 Å². The van der Waals surface area contributed by atoms with Crippen molar-refractivity contribution in [3.8, 4) is 0 Å². The lowest BCUT2D eigenvalue weighted by molar-refractivity contribution is -0.139. The van der Waals surface area contributed by atoms with Crippen molar-refractivity contribution in [3.63, 3.8) is 0 Å². The quantitative estimate of drug-likeness (QED) is 0.874. The smallest absolute Gasteiger partial charge is 0.251 e. The highest BCUT2D eigenvalue weighted by Gasteiger charge is 2.33. The van der Waals surface area contributed by atoms with Gasteiger partial charge < -0.3 is 15.3 Å². The van der Waals surface area contributed by atoms with Crippen LogP contribution in [-0.4, -0.2) is 47.2 Å². The highest BCUT2D eigenvalue weighted by molar-refractivity contribution is 5.84. The minimum Gasteiger partial charge on any atom is -0.380 e. The summed E-state index contributed by atoms with van der Waals surface area (Å²) in [7, 11) is 2.11. The normalized spacial score (nSPS) is 25.5. The molecule has 122 valence electrons. The number of carbonyl (C=O) groups excluding carboxylic acids is 1. The first-order valence-electron chi connectivity index (χ1n) is 8.16. The van der Waals surface area contributed by atoms with E-state index < -0.39 is 5.60 Å². The molecule has 0 spiro atoms. The SMILES string of the molecule is CC1CC(NC(=O)C(C)(O)CCc2ccccc2)CCN1C. The molecule has 1 saturated heterocycles. The molecule has 0 saturated carbocycles. The van der Waals surface area contributed by atoms with Crippen LogP contribution in [0.15, 0.2) is 30.3 Å². The van der Waals surface area contributed by atoms with Crippen LogP contribution >= 0.6 is 0 Å². The average molecular weight is 304 g/mol. The second-order valence-electron chi connectivity index (χ2n) is 6.78. The van der Waals surface area contributed by atoms with E-state index in [9.17, 15) is 9.90 Å². The molecular weight excluding hydrogens is 276 g/mol. The summed E-state index contributed by atoms with van der Waals surface area (Å²) in [5.41, 5.74) is -0.175. The molecule has 4 heteroatoms. The number of rotatable bonds is 5. The summed E-state index contributed by atoms with van der Waals surface area (Å²) in [4.78, 5) is 14.7. The fraction of sp³-hybridized carbons (Fsp3) is 0.611. The maximum atomic E-state index is 12.4. The van der Waals surface area contributed by atoms with Gasteiger partial charge in [0.1, 0.15) is 5.60 Å². The molecule has 0 bridgehead atoms. The first-order valence-corrected chi connectivity index (χ1v) is 8.16. The molecule has 1 aromatic rings. The summed E-state index contributed by atoms with van der Waals surface area (Å²) < 4.78 is 0. The Hall–Kier alpha value is -1.39. The molecule has 1 aromatic carbocycles. The molecule has 0 aromatic heterocycles. The van der Waals surface area contributed by atoms with Gasteiger partial charge in [-0.05, 0) is 52.1 Å². The Bertz CT molecular complexity index is 487. The highest BCUT2D eigenvalue weighted by atomic mass is 16.3. The third-order valence-electron chi connectivity index (χ3n) is 4.78. The predicted octanol–water partition coefficient (Wildman–Crippen LogP) is 1.97. The number of nitrogens with one attached hydrogen (secondary N) is 1. The van der Waals surface area contributed by atoms with Gasteiger partial charge in [-0.2, -0.15) is 0 Å². The van der Waals surface area contributed by atoms with E-state index in [2.05, 4.69) is 24.2 Å². The van der Waals surface area contributed by atoms with Gasteiger partial charge in [0.25, 0.3) is 5.91 Å². The zero-order chi connectivity index (χ0) is 16.2. The monoisotopic (exact) mass is 304 g/mol. The molecule has 1 heterocycles. The Kier molecular flexibility index (Phi) is 5.59. The van der Waals surface area contributed by atoms with Gasteiger partial charge in [0.2, 0.25) is 0 Å². The van der Waals surface area contributed by atoms with Gasteiger partial charge in [-0.15, -0.1) is 0 Å². The number of aryl methyl sites for hydroxylation is 1. The minimum absolute atomic E-state index is 0.168. The second kappa shape index (κ2) is 7.25. The van der Waals surface area contributed by atoms with E-state index in [-0.39, 0.29) is 11.9 Å². The lowest BCUT2D eigenvalue weighted by atomic mass is 9.93. The summed E-state index contributed by atoms with van der Waals surface area (Å²) in [6.07, 6.45) is 3.02. The maximum Gasteiger partial charge on any atom is 0.251 e. The van der Waals surface area contributed by atoms with Crippen LogP contribution in [0.5, 0.6) is 0 Å². The third kappa shape index (κ3) is 4.55. The van der Waals surface area contributed by atoms with Crippen molar-refractivity contribution in [1.82, 2.24) is 10.2 Å². The molecule has 4 nitrogen and oxygen atoms in total. The zero-order valence-corrected chi connectivity index (χ0v) is 13.9. The van der Waals surface area contributed by atoms with Crippen LogP contribution in [0.2, 0.25) is 0 Å². The van der Waals surface area contributed by atoms with Crippen LogP contribution in [0.3, 0.4) is 0 Å². The zero-order valence-electron chi connectivity index (χ0n) is 13.9. The summed E-state index contributed by atoms with van der Waals surface area (Å²) >= 11 is 0. The number of nitrogens with zero attached hydrogens (tertiary/aromatic N) is 1. The number of aliphatic hydroxyl groups is 1. The largest absolute Gasteiger partial charge is 0.380 e. The van der Waals surface area contributed by atoms with Gasteiger partial charge in [-0.25, -0.2) is 0 Å². The Morgan fingerprint density at radius 2 is 2.09 bits per heavy atom. The van der Waals surface area contributed by atoms with Crippen LogP contribution in [0.1, 0.15) is 38.7 Å². The number of carbonyl (C=O) groups is 1. The number of hydrogen-bond donors (Lipinski definition) is 2. The van der Waals surface area contributed by atoms with E-state index in [0.717, 1.165) is 24.9 Å². The van der Waals surface area contributed by atoms with E-state index in [1.165, 1.54) is 0 Å². The summed E-state index contributed by atoms with van der Waals surface area (Å²) in [6, 6.07) is 10.6. The fourth-order valence-electron chi connectivity index (χ4n) is 2.91. The van der Waals surface area contributed by atoms with E-state index in [1.807, 2.05) is 30.3 Å². The molecule has 22 heavy (non-hydrogen) atoms. The van der Waals surface area contributed by atoms with E-state index in [0.29, 0.717) is 18.9 Å². The van der Waals surface area contributed by atoms with Crippen molar-refractivity contribution >= 4 is 5.91 Å². The molecule has 1 aliphatic rings. The molecule has 2 N–H and O–H groups in total. The molecule has 3 atom stereocenters. The Labute approximate surface area is 133 Å². The van der Waals surface area contributed by atoms with E-state index in [1.54, 1.807) is 6.92 Å². The van der Waals surface area contributed by atoms with Crippen LogP contribution in [-0.2, 0) is 11.2 Å². The molecule has 1 fully saturated rings. The Morgan fingerprint density at radius 3 is 2.73 bits per heavy atom. The summed E-state index contributed by atoms with van der Waals surface area (Å²) in [6.45, 7) is 4.77. The fourth-order valence-corrected chi connectivity index (χ4v) is 2.91. The first-order chi connectivity index (χ1) is 10.4. The van der Waals surface area contributed by atoms with Crippen molar-refractivity contribution in [2.75, 3.05) is 13.6 Å².